The SMILES string of the molecule is CC(C)(C)c1ccc(-c2ccc(CNc3ccc(O)c(C(=O)O)c3)cc2)cc1. The Hall–Kier alpha value is -3.27. The van der Waals surface area contributed by atoms with Gasteiger partial charge < -0.3 is 15.5 Å². The Morgan fingerprint density at radius 2 is 1.46 bits per heavy atom. The Morgan fingerprint density at radius 1 is 0.893 bits per heavy atom. The quantitative estimate of drug-likeness (QED) is 0.503. The highest BCUT2D eigenvalue weighted by atomic mass is 16.4. The predicted molar refractivity (Wildman–Crippen MR) is 113 cm³/mol. The molecule has 0 saturated carbocycles. The number of carboxylic acids is 1. The molecule has 0 aliphatic carbocycles. The molecule has 0 aliphatic heterocycles. The van der Waals surface area contributed by atoms with Crippen molar-refractivity contribution in [2.24, 2.45) is 0 Å². The van der Waals surface area contributed by atoms with Crippen LogP contribution in [0.2, 0.25) is 0 Å². The van der Waals surface area contributed by atoms with Crippen LogP contribution >= 0.6 is 0 Å². The van der Waals surface area contributed by atoms with E-state index in [0.717, 1.165) is 11.1 Å². The molecule has 144 valence electrons. The molecule has 28 heavy (non-hydrogen) atoms. The number of aromatic carboxylic acids is 1. The number of carboxylic acid groups (broad SMARTS) is 1. The highest BCUT2D eigenvalue weighted by Gasteiger charge is 2.13. The lowest BCUT2D eigenvalue weighted by atomic mass is 9.86. The number of carbonyl (C=O) groups is 1. The first-order chi connectivity index (χ1) is 13.2. The van der Waals surface area contributed by atoms with E-state index in [1.165, 1.54) is 23.3 Å². The molecule has 0 aromatic heterocycles. The summed E-state index contributed by atoms with van der Waals surface area (Å²) in [6.45, 7) is 7.18. The standard InChI is InChI=1S/C24H25NO3/c1-24(2,3)19-10-8-18(9-11-19)17-6-4-16(5-7-17)15-25-20-12-13-22(26)21(14-20)23(27)28/h4-14,25-26H,15H2,1-3H3,(H,27,28). The Balaban J connectivity index is 1.68. The number of nitrogens with one attached hydrogen (secondary N) is 1. The van der Waals surface area contributed by atoms with Gasteiger partial charge in [0.25, 0.3) is 0 Å². The van der Waals surface area contributed by atoms with E-state index in [1.807, 2.05) is 0 Å². The normalized spacial score (nSPS) is 11.2. The second kappa shape index (κ2) is 7.77. The van der Waals surface area contributed by atoms with E-state index in [1.54, 1.807) is 6.07 Å². The fourth-order valence-electron chi connectivity index (χ4n) is 3.00. The summed E-state index contributed by atoms with van der Waals surface area (Å²) >= 11 is 0. The minimum Gasteiger partial charge on any atom is -0.507 e. The summed E-state index contributed by atoms with van der Waals surface area (Å²) in [5.74, 6) is -1.39. The van der Waals surface area contributed by atoms with Crippen molar-refractivity contribution in [3.8, 4) is 16.9 Å². The maximum Gasteiger partial charge on any atom is 0.339 e. The van der Waals surface area contributed by atoms with Gasteiger partial charge in [0.05, 0.1) is 0 Å². The van der Waals surface area contributed by atoms with E-state index < -0.39 is 5.97 Å². The van der Waals surface area contributed by atoms with Crippen LogP contribution in [0.15, 0.2) is 66.7 Å². The number of rotatable bonds is 5. The second-order valence-corrected chi connectivity index (χ2v) is 7.91. The third-order valence-corrected chi connectivity index (χ3v) is 4.76. The molecule has 0 heterocycles. The molecule has 3 N–H and O–H groups in total. The zero-order chi connectivity index (χ0) is 20.3. The molecule has 3 aromatic carbocycles. The molecule has 3 aromatic rings. The van der Waals surface area contributed by atoms with E-state index in [0.29, 0.717) is 12.2 Å². The molecule has 0 unspecified atom stereocenters. The molecule has 0 atom stereocenters. The number of hydrogen-bond donors (Lipinski definition) is 3. The first kappa shape index (κ1) is 19.5. The minimum absolute atomic E-state index is 0.112. The Labute approximate surface area is 165 Å². The van der Waals surface area contributed by atoms with Gasteiger partial charge in [0.15, 0.2) is 0 Å². The monoisotopic (exact) mass is 375 g/mol. The first-order valence-electron chi connectivity index (χ1n) is 9.24. The number of benzene rings is 3. The summed E-state index contributed by atoms with van der Waals surface area (Å²) in [6, 6.07) is 21.4. The summed E-state index contributed by atoms with van der Waals surface area (Å²) in [5, 5.41) is 21.9. The highest BCUT2D eigenvalue weighted by Crippen LogP contribution is 2.27. The first-order valence-corrected chi connectivity index (χ1v) is 9.24. The summed E-state index contributed by atoms with van der Waals surface area (Å²) < 4.78 is 0. The van der Waals surface area contributed by atoms with Gasteiger partial charge in [-0.1, -0.05) is 69.3 Å². The van der Waals surface area contributed by atoms with Gasteiger partial charge in [0.2, 0.25) is 0 Å². The minimum atomic E-state index is -1.15. The maximum absolute atomic E-state index is 11.1. The van der Waals surface area contributed by atoms with Crippen LogP contribution in [-0.4, -0.2) is 16.2 Å². The van der Waals surface area contributed by atoms with Crippen molar-refractivity contribution in [3.05, 3.63) is 83.4 Å². The third-order valence-electron chi connectivity index (χ3n) is 4.76. The van der Waals surface area contributed by atoms with Gasteiger partial charge in [-0.05, 0) is 45.9 Å². The molecule has 0 amide bonds. The molecule has 0 bridgehead atoms. The lowest BCUT2D eigenvalue weighted by Gasteiger charge is -2.19. The number of aromatic hydroxyl groups is 1. The molecule has 0 aliphatic rings. The van der Waals surface area contributed by atoms with E-state index in [4.69, 9.17) is 5.11 Å². The smallest absolute Gasteiger partial charge is 0.339 e. The van der Waals surface area contributed by atoms with Crippen molar-refractivity contribution in [2.45, 2.75) is 32.7 Å². The Morgan fingerprint density at radius 3 is 2.00 bits per heavy atom. The van der Waals surface area contributed by atoms with Gasteiger partial charge in [-0.3, -0.25) is 0 Å². The van der Waals surface area contributed by atoms with Crippen molar-refractivity contribution in [3.63, 3.8) is 0 Å². The van der Waals surface area contributed by atoms with Gasteiger partial charge >= 0.3 is 5.97 Å². The van der Waals surface area contributed by atoms with Crippen LogP contribution < -0.4 is 5.32 Å². The molecule has 0 radical (unpaired) electrons. The van der Waals surface area contributed by atoms with Gasteiger partial charge in [0.1, 0.15) is 11.3 Å². The molecule has 0 spiro atoms. The third kappa shape index (κ3) is 4.52. The van der Waals surface area contributed by atoms with Crippen molar-refractivity contribution in [2.75, 3.05) is 5.32 Å². The molecule has 4 nitrogen and oxygen atoms in total. The van der Waals surface area contributed by atoms with Crippen molar-refractivity contribution in [1.82, 2.24) is 0 Å². The predicted octanol–water partition coefficient (Wildman–Crippen LogP) is 5.67. The van der Waals surface area contributed by atoms with Gasteiger partial charge in [-0.25, -0.2) is 4.79 Å². The summed E-state index contributed by atoms with van der Waals surface area (Å²) in [6.07, 6.45) is 0. The van der Waals surface area contributed by atoms with Crippen molar-refractivity contribution < 1.29 is 15.0 Å². The number of hydrogen-bond acceptors (Lipinski definition) is 3. The fraction of sp³-hybridized carbons (Fsp3) is 0.208. The lowest BCUT2D eigenvalue weighted by molar-refractivity contribution is 0.0694. The average molecular weight is 375 g/mol. The van der Waals surface area contributed by atoms with Crippen LogP contribution in [0, 0.1) is 0 Å². The van der Waals surface area contributed by atoms with E-state index in [2.05, 4.69) is 74.6 Å². The summed E-state index contributed by atoms with van der Waals surface area (Å²) in [7, 11) is 0. The van der Waals surface area contributed by atoms with Gasteiger partial charge in [-0.15, -0.1) is 0 Å². The van der Waals surface area contributed by atoms with Crippen LogP contribution in [0.5, 0.6) is 5.75 Å². The zero-order valence-corrected chi connectivity index (χ0v) is 16.4. The molecular weight excluding hydrogens is 350 g/mol. The number of phenols is 1. The molecule has 3 rings (SSSR count). The van der Waals surface area contributed by atoms with E-state index in [-0.39, 0.29) is 16.7 Å². The van der Waals surface area contributed by atoms with Crippen LogP contribution in [-0.2, 0) is 12.0 Å². The molecule has 0 saturated heterocycles. The molecule has 0 fully saturated rings. The average Bonchev–Trinajstić information content (AvgIpc) is 2.67. The Kier molecular flexibility index (Phi) is 5.41. The summed E-state index contributed by atoms with van der Waals surface area (Å²) in [5.41, 5.74) is 5.41. The zero-order valence-electron chi connectivity index (χ0n) is 16.4. The van der Waals surface area contributed by atoms with Crippen molar-refractivity contribution in [1.29, 1.82) is 0 Å². The van der Waals surface area contributed by atoms with Crippen LogP contribution in [0.1, 0.15) is 42.3 Å². The largest absolute Gasteiger partial charge is 0.507 e. The lowest BCUT2D eigenvalue weighted by Crippen LogP contribution is -2.10. The van der Waals surface area contributed by atoms with Crippen LogP contribution in [0.3, 0.4) is 0 Å². The van der Waals surface area contributed by atoms with Gasteiger partial charge in [-0.2, -0.15) is 0 Å². The van der Waals surface area contributed by atoms with Crippen LogP contribution in [0.4, 0.5) is 5.69 Å². The summed E-state index contributed by atoms with van der Waals surface area (Å²) in [4.78, 5) is 11.1. The molecule has 4 heteroatoms. The maximum atomic E-state index is 11.1. The van der Waals surface area contributed by atoms with Crippen LogP contribution in [0.25, 0.3) is 11.1 Å². The topological polar surface area (TPSA) is 69.6 Å². The molecular formula is C24H25NO3. The Bertz CT molecular complexity index is 968. The number of anilines is 1. The van der Waals surface area contributed by atoms with Gasteiger partial charge in [0, 0.05) is 12.2 Å². The highest BCUT2D eigenvalue weighted by molar-refractivity contribution is 5.92. The van der Waals surface area contributed by atoms with Crippen molar-refractivity contribution >= 4 is 11.7 Å². The fourth-order valence-corrected chi connectivity index (χ4v) is 3.00. The van der Waals surface area contributed by atoms with E-state index >= 15 is 0 Å². The second-order valence-electron chi connectivity index (χ2n) is 7.91. The van der Waals surface area contributed by atoms with E-state index in [9.17, 15) is 9.90 Å².